The lowest BCUT2D eigenvalue weighted by Gasteiger charge is -2.19. The van der Waals surface area contributed by atoms with Gasteiger partial charge in [-0.15, -0.1) is 0 Å². The Balaban J connectivity index is 1.74. The fourth-order valence-electron chi connectivity index (χ4n) is 3.61. The summed E-state index contributed by atoms with van der Waals surface area (Å²) in [5.74, 6) is 2.06. The molecule has 0 amide bonds. The van der Waals surface area contributed by atoms with E-state index in [9.17, 15) is 4.79 Å². The monoisotopic (exact) mass is 426 g/mol. The largest absolute Gasteiger partial charge is 0.493 e. The Morgan fingerprint density at radius 3 is 2.60 bits per heavy atom. The molecule has 1 atom stereocenters. The first-order valence-corrected chi connectivity index (χ1v) is 11.3. The van der Waals surface area contributed by atoms with Gasteiger partial charge in [0, 0.05) is 12.9 Å². The molecular formula is C24H30N2O3S. The van der Waals surface area contributed by atoms with E-state index in [0.717, 1.165) is 5.75 Å². The van der Waals surface area contributed by atoms with Crippen LogP contribution >= 0.6 is 11.8 Å². The summed E-state index contributed by atoms with van der Waals surface area (Å²) in [6.07, 6.45) is 0. The Morgan fingerprint density at radius 1 is 1.13 bits per heavy atom. The summed E-state index contributed by atoms with van der Waals surface area (Å²) in [5.41, 5.74) is 3.27. The van der Waals surface area contributed by atoms with Crippen molar-refractivity contribution in [2.24, 2.45) is 0 Å². The van der Waals surface area contributed by atoms with Gasteiger partial charge in [0.2, 0.25) is 0 Å². The van der Waals surface area contributed by atoms with Crippen molar-refractivity contribution in [3.05, 3.63) is 63.9 Å². The average Bonchev–Trinajstić information content (AvgIpc) is 2.71. The highest BCUT2D eigenvalue weighted by atomic mass is 32.2. The average molecular weight is 427 g/mol. The van der Waals surface area contributed by atoms with Crippen LogP contribution in [0.15, 0.2) is 52.4 Å². The topological polar surface area (TPSA) is 53.4 Å². The Labute approximate surface area is 182 Å². The van der Waals surface area contributed by atoms with E-state index in [1.165, 1.54) is 22.9 Å². The summed E-state index contributed by atoms with van der Waals surface area (Å²) in [7, 11) is 1.64. The Morgan fingerprint density at radius 2 is 1.90 bits per heavy atom. The van der Waals surface area contributed by atoms with Gasteiger partial charge >= 0.3 is 0 Å². The second-order valence-electron chi connectivity index (χ2n) is 7.76. The number of ether oxygens (including phenoxy) is 2. The minimum atomic E-state index is -0.103. The molecular weight excluding hydrogens is 396 g/mol. The van der Waals surface area contributed by atoms with Crippen LogP contribution in [0.3, 0.4) is 0 Å². The van der Waals surface area contributed by atoms with Crippen LogP contribution in [0, 0.1) is 6.92 Å². The summed E-state index contributed by atoms with van der Waals surface area (Å²) in [6.45, 7) is 9.46. The molecule has 0 bridgehead atoms. The van der Waals surface area contributed by atoms with E-state index < -0.39 is 0 Å². The first kappa shape index (κ1) is 22.4. The maximum Gasteiger partial charge on any atom is 0.262 e. The SMILES string of the molecule is COCC(C)n1c(SCCOc2ccc(C(C)C)c(C)c2)nc2ccccc2c1=O. The van der Waals surface area contributed by atoms with Gasteiger partial charge in [-0.05, 0) is 55.2 Å². The zero-order valence-electron chi connectivity index (χ0n) is 18.3. The zero-order valence-corrected chi connectivity index (χ0v) is 19.2. The highest BCUT2D eigenvalue weighted by Crippen LogP contribution is 2.25. The van der Waals surface area contributed by atoms with Gasteiger partial charge < -0.3 is 9.47 Å². The molecule has 0 aliphatic carbocycles. The molecule has 3 aromatic rings. The van der Waals surface area contributed by atoms with Crippen LogP contribution in [0.2, 0.25) is 0 Å². The fraction of sp³-hybridized carbons (Fsp3) is 0.417. The zero-order chi connectivity index (χ0) is 21.7. The molecule has 1 unspecified atom stereocenters. The van der Waals surface area contributed by atoms with Crippen molar-refractivity contribution in [2.75, 3.05) is 26.1 Å². The van der Waals surface area contributed by atoms with Gasteiger partial charge in [0.1, 0.15) is 5.75 Å². The molecule has 0 saturated heterocycles. The van der Waals surface area contributed by atoms with Crippen LogP contribution in [0.1, 0.15) is 43.9 Å². The summed E-state index contributed by atoms with van der Waals surface area (Å²) >= 11 is 1.53. The van der Waals surface area contributed by atoms with E-state index in [1.54, 1.807) is 11.7 Å². The Hall–Kier alpha value is -2.31. The molecule has 160 valence electrons. The molecule has 0 aliphatic heterocycles. The van der Waals surface area contributed by atoms with Crippen molar-refractivity contribution in [3.63, 3.8) is 0 Å². The highest BCUT2D eigenvalue weighted by Gasteiger charge is 2.16. The van der Waals surface area contributed by atoms with E-state index in [-0.39, 0.29) is 11.6 Å². The van der Waals surface area contributed by atoms with Gasteiger partial charge in [-0.3, -0.25) is 9.36 Å². The van der Waals surface area contributed by atoms with E-state index in [0.29, 0.717) is 40.9 Å². The van der Waals surface area contributed by atoms with E-state index in [1.807, 2.05) is 37.3 Å². The third-order valence-electron chi connectivity index (χ3n) is 5.07. The van der Waals surface area contributed by atoms with E-state index in [2.05, 4.69) is 32.9 Å². The summed E-state index contributed by atoms with van der Waals surface area (Å²) in [6, 6.07) is 13.6. The smallest absolute Gasteiger partial charge is 0.262 e. The van der Waals surface area contributed by atoms with Crippen molar-refractivity contribution < 1.29 is 9.47 Å². The Bertz CT molecular complexity index is 1060. The number of para-hydroxylation sites is 1. The summed E-state index contributed by atoms with van der Waals surface area (Å²) < 4.78 is 13.0. The van der Waals surface area contributed by atoms with Crippen LogP contribution < -0.4 is 10.3 Å². The van der Waals surface area contributed by atoms with Crippen LogP contribution in [0.25, 0.3) is 10.9 Å². The van der Waals surface area contributed by atoms with Crippen molar-refractivity contribution in [1.82, 2.24) is 9.55 Å². The van der Waals surface area contributed by atoms with E-state index in [4.69, 9.17) is 14.5 Å². The normalized spacial score (nSPS) is 12.5. The third-order valence-corrected chi connectivity index (χ3v) is 5.99. The molecule has 1 aromatic heterocycles. The highest BCUT2D eigenvalue weighted by molar-refractivity contribution is 7.99. The molecule has 5 nitrogen and oxygen atoms in total. The molecule has 0 fully saturated rings. The minimum absolute atomic E-state index is 0.0338. The second-order valence-corrected chi connectivity index (χ2v) is 8.82. The molecule has 0 aliphatic rings. The molecule has 0 saturated carbocycles. The second kappa shape index (κ2) is 10.1. The van der Waals surface area contributed by atoms with Crippen molar-refractivity contribution in [2.45, 2.75) is 44.8 Å². The van der Waals surface area contributed by atoms with Crippen LogP contribution in [0.4, 0.5) is 0 Å². The van der Waals surface area contributed by atoms with Gasteiger partial charge in [0.25, 0.3) is 5.56 Å². The molecule has 3 rings (SSSR count). The molecule has 2 aromatic carbocycles. The Kier molecular flexibility index (Phi) is 7.56. The number of hydrogen-bond acceptors (Lipinski definition) is 5. The predicted octanol–water partition coefficient (Wildman–Crippen LogP) is 5.21. The molecule has 0 radical (unpaired) electrons. The lowest BCUT2D eigenvalue weighted by Crippen LogP contribution is -2.28. The molecule has 0 spiro atoms. The van der Waals surface area contributed by atoms with Gasteiger partial charge in [-0.1, -0.05) is 43.8 Å². The minimum Gasteiger partial charge on any atom is -0.493 e. The summed E-state index contributed by atoms with van der Waals surface area (Å²) in [4.78, 5) is 17.8. The maximum absolute atomic E-state index is 13.1. The van der Waals surface area contributed by atoms with Gasteiger partial charge in [-0.2, -0.15) is 0 Å². The lowest BCUT2D eigenvalue weighted by molar-refractivity contribution is 0.156. The van der Waals surface area contributed by atoms with Crippen molar-refractivity contribution >= 4 is 22.7 Å². The number of aryl methyl sites for hydroxylation is 1. The van der Waals surface area contributed by atoms with E-state index >= 15 is 0 Å². The van der Waals surface area contributed by atoms with Gasteiger partial charge in [-0.25, -0.2) is 4.98 Å². The molecule has 1 heterocycles. The molecule has 6 heteroatoms. The van der Waals surface area contributed by atoms with Crippen LogP contribution in [0.5, 0.6) is 5.75 Å². The number of rotatable bonds is 9. The van der Waals surface area contributed by atoms with Crippen LogP contribution in [-0.2, 0) is 4.74 Å². The summed E-state index contributed by atoms with van der Waals surface area (Å²) in [5, 5.41) is 1.32. The number of thioether (sulfide) groups is 1. The quantitative estimate of drug-likeness (QED) is 0.267. The number of fused-ring (bicyclic) bond motifs is 1. The third kappa shape index (κ3) is 5.05. The predicted molar refractivity (Wildman–Crippen MR) is 124 cm³/mol. The van der Waals surface area contributed by atoms with Crippen molar-refractivity contribution in [3.8, 4) is 5.75 Å². The number of benzene rings is 2. The maximum atomic E-state index is 13.1. The van der Waals surface area contributed by atoms with Crippen LogP contribution in [-0.4, -0.2) is 35.6 Å². The lowest BCUT2D eigenvalue weighted by atomic mass is 9.98. The number of hydrogen-bond donors (Lipinski definition) is 0. The number of nitrogens with zero attached hydrogens (tertiary/aromatic N) is 2. The first-order chi connectivity index (χ1) is 14.4. The molecule has 30 heavy (non-hydrogen) atoms. The first-order valence-electron chi connectivity index (χ1n) is 10.3. The molecule has 0 N–H and O–H groups in total. The standard InChI is InChI=1S/C24H30N2O3S/c1-16(2)20-11-10-19(14-17(20)3)29-12-13-30-24-25-22-9-7-6-8-21(22)23(27)26(24)18(4)15-28-5/h6-11,14,16,18H,12-13,15H2,1-5H3. The van der Waals surface area contributed by atoms with Gasteiger partial charge in [0.15, 0.2) is 5.16 Å². The van der Waals surface area contributed by atoms with Gasteiger partial charge in [0.05, 0.1) is 30.2 Å². The number of methoxy groups -OCH3 is 1. The fourth-order valence-corrected chi connectivity index (χ4v) is 4.52. The van der Waals surface area contributed by atoms with Crippen molar-refractivity contribution in [1.29, 1.82) is 0 Å². The number of aromatic nitrogens is 2.